The topological polar surface area (TPSA) is 110 Å². The van der Waals surface area contributed by atoms with Crippen LogP contribution < -0.4 is 5.32 Å². The van der Waals surface area contributed by atoms with Crippen LogP contribution in [0.25, 0.3) is 0 Å². The average molecular weight is 421 g/mol. The zero-order valence-electron chi connectivity index (χ0n) is 15.7. The second-order valence-electron chi connectivity index (χ2n) is 8.88. The second-order valence-corrected chi connectivity index (χ2v) is 10.4. The standard InChI is InChI=1S/C18H25F2NO6S/c1-11(2)15(23)27-17-6-12-3-13(7-17)5-16(4-12,9-17)10-21-14(22)8-18(19,20)28(24,25)26/h12-13H,1,3-10H2,2H3,(H,21,22)(H,24,25,26). The predicted molar refractivity (Wildman–Crippen MR) is 94.9 cm³/mol. The molecule has 4 fully saturated rings. The number of carbonyl (C=O) groups excluding carboxylic acids is 2. The fourth-order valence-corrected chi connectivity index (χ4v) is 5.91. The monoisotopic (exact) mass is 421 g/mol. The van der Waals surface area contributed by atoms with Crippen molar-refractivity contribution >= 4 is 22.0 Å². The third-order valence-electron chi connectivity index (χ3n) is 6.19. The van der Waals surface area contributed by atoms with Gasteiger partial charge in [-0.2, -0.15) is 17.2 Å². The zero-order chi connectivity index (χ0) is 21.0. The van der Waals surface area contributed by atoms with Gasteiger partial charge in [0.1, 0.15) is 12.0 Å². The molecule has 4 saturated carbocycles. The molecule has 4 rings (SSSR count). The highest BCUT2D eigenvalue weighted by Crippen LogP contribution is 2.62. The van der Waals surface area contributed by atoms with Crippen LogP contribution in [0.15, 0.2) is 12.2 Å². The molecule has 0 saturated heterocycles. The Kier molecular flexibility index (Phi) is 5.11. The Labute approximate surface area is 162 Å². The van der Waals surface area contributed by atoms with Gasteiger partial charge in [-0.25, -0.2) is 4.79 Å². The smallest absolute Gasteiger partial charge is 0.378 e. The van der Waals surface area contributed by atoms with Crippen LogP contribution in [0.2, 0.25) is 0 Å². The number of ether oxygens (including phenoxy) is 1. The molecule has 2 N–H and O–H groups in total. The fourth-order valence-electron chi connectivity index (χ4n) is 5.60. The Morgan fingerprint density at radius 3 is 2.32 bits per heavy atom. The Bertz CT molecular complexity index is 795. The minimum Gasteiger partial charge on any atom is -0.456 e. The molecule has 2 atom stereocenters. The summed E-state index contributed by atoms with van der Waals surface area (Å²) in [7, 11) is -5.65. The first-order valence-electron chi connectivity index (χ1n) is 9.25. The van der Waals surface area contributed by atoms with Crippen LogP contribution in [0.4, 0.5) is 8.78 Å². The molecule has 10 heteroatoms. The first-order valence-corrected chi connectivity index (χ1v) is 10.7. The molecule has 28 heavy (non-hydrogen) atoms. The molecule has 0 heterocycles. The molecule has 0 aromatic carbocycles. The van der Waals surface area contributed by atoms with Crippen molar-refractivity contribution in [3.8, 4) is 0 Å². The number of esters is 1. The molecule has 7 nitrogen and oxygen atoms in total. The van der Waals surface area contributed by atoms with Gasteiger partial charge in [0.25, 0.3) is 0 Å². The maximum absolute atomic E-state index is 13.4. The molecule has 4 aliphatic carbocycles. The number of carbonyl (C=O) groups is 2. The number of hydrogen-bond acceptors (Lipinski definition) is 5. The van der Waals surface area contributed by atoms with Gasteiger partial charge in [-0.15, -0.1) is 0 Å². The number of hydrogen-bond donors (Lipinski definition) is 2. The van der Waals surface area contributed by atoms with Crippen molar-refractivity contribution in [2.45, 2.75) is 62.7 Å². The van der Waals surface area contributed by atoms with Crippen molar-refractivity contribution in [2.24, 2.45) is 17.3 Å². The first kappa shape index (κ1) is 21.2. The van der Waals surface area contributed by atoms with Crippen molar-refractivity contribution in [2.75, 3.05) is 6.54 Å². The minimum absolute atomic E-state index is 0.104. The molecule has 1 amide bonds. The van der Waals surface area contributed by atoms with Crippen LogP contribution in [-0.4, -0.2) is 42.2 Å². The molecule has 0 radical (unpaired) electrons. The van der Waals surface area contributed by atoms with Gasteiger partial charge in [0.2, 0.25) is 5.91 Å². The molecular weight excluding hydrogens is 396 g/mol. The van der Waals surface area contributed by atoms with Crippen LogP contribution in [0.5, 0.6) is 0 Å². The highest BCUT2D eigenvalue weighted by Gasteiger charge is 2.59. The molecule has 4 aliphatic rings. The molecule has 0 spiro atoms. The lowest BCUT2D eigenvalue weighted by Crippen LogP contribution is -2.60. The summed E-state index contributed by atoms with van der Waals surface area (Å²) in [6.07, 6.45) is 3.00. The molecule has 0 aromatic heterocycles. The summed E-state index contributed by atoms with van der Waals surface area (Å²) in [5.41, 5.74) is -0.684. The molecule has 158 valence electrons. The molecular formula is C18H25F2NO6S. The van der Waals surface area contributed by atoms with Gasteiger partial charge in [-0.1, -0.05) is 6.58 Å². The van der Waals surface area contributed by atoms with E-state index in [-0.39, 0.29) is 12.0 Å². The van der Waals surface area contributed by atoms with E-state index < -0.39 is 39.3 Å². The maximum atomic E-state index is 13.4. The van der Waals surface area contributed by atoms with E-state index in [9.17, 15) is 26.8 Å². The van der Waals surface area contributed by atoms with Crippen molar-refractivity contribution < 1.29 is 36.1 Å². The number of rotatable bonds is 7. The number of amides is 1. The number of halogens is 2. The molecule has 4 bridgehead atoms. The minimum atomic E-state index is -5.65. The number of nitrogens with one attached hydrogen (secondary N) is 1. The SMILES string of the molecule is C=C(C)C(=O)OC12CC3CC(CC(CNC(=O)CC(F)(F)S(=O)(=O)O)(C3)C1)C2. The fraction of sp³-hybridized carbons (Fsp3) is 0.778. The summed E-state index contributed by atoms with van der Waals surface area (Å²) in [6.45, 7) is 5.29. The first-order chi connectivity index (χ1) is 12.7. The lowest BCUT2D eigenvalue weighted by atomic mass is 9.48. The maximum Gasteiger partial charge on any atom is 0.378 e. The van der Waals surface area contributed by atoms with Crippen LogP contribution in [0, 0.1) is 17.3 Å². The Balaban J connectivity index is 1.68. The van der Waals surface area contributed by atoms with Gasteiger partial charge < -0.3 is 10.1 Å². The Hall–Kier alpha value is -1.55. The van der Waals surface area contributed by atoms with Gasteiger partial charge in [0, 0.05) is 12.1 Å². The van der Waals surface area contributed by atoms with Crippen LogP contribution in [0.1, 0.15) is 51.9 Å². The van der Waals surface area contributed by atoms with E-state index in [0.29, 0.717) is 23.8 Å². The van der Waals surface area contributed by atoms with E-state index >= 15 is 0 Å². The summed E-state index contributed by atoms with van der Waals surface area (Å²) in [5.74, 6) is -0.939. The number of alkyl halides is 2. The summed E-state index contributed by atoms with van der Waals surface area (Å²) >= 11 is 0. The van der Waals surface area contributed by atoms with Crippen LogP contribution >= 0.6 is 0 Å². The van der Waals surface area contributed by atoms with Crippen LogP contribution in [0.3, 0.4) is 0 Å². The van der Waals surface area contributed by atoms with Crippen LogP contribution in [-0.2, 0) is 24.4 Å². The Morgan fingerprint density at radius 1 is 1.25 bits per heavy atom. The molecule has 0 aliphatic heterocycles. The highest BCUT2D eigenvalue weighted by molar-refractivity contribution is 7.86. The average Bonchev–Trinajstić information content (AvgIpc) is 2.49. The quantitative estimate of drug-likeness (QED) is 0.371. The van der Waals surface area contributed by atoms with E-state index in [2.05, 4.69) is 11.9 Å². The van der Waals surface area contributed by atoms with Gasteiger partial charge in [-0.3, -0.25) is 9.35 Å². The lowest BCUT2D eigenvalue weighted by Gasteiger charge is -2.61. The van der Waals surface area contributed by atoms with E-state index in [0.717, 1.165) is 32.1 Å². The highest BCUT2D eigenvalue weighted by atomic mass is 32.2. The molecule has 0 aromatic rings. The summed E-state index contributed by atoms with van der Waals surface area (Å²) in [5, 5.41) is -2.12. The normalized spacial score (nSPS) is 34.1. The third kappa shape index (κ3) is 4.07. The summed E-state index contributed by atoms with van der Waals surface area (Å²) < 4.78 is 62.5. The predicted octanol–water partition coefficient (Wildman–Crippen LogP) is 2.43. The third-order valence-corrected chi connectivity index (χ3v) is 7.09. The largest absolute Gasteiger partial charge is 0.456 e. The summed E-state index contributed by atoms with van der Waals surface area (Å²) in [6, 6.07) is 0. The zero-order valence-corrected chi connectivity index (χ0v) is 16.5. The lowest BCUT2D eigenvalue weighted by molar-refractivity contribution is -0.197. The molecule has 2 unspecified atom stereocenters. The van der Waals surface area contributed by atoms with Gasteiger partial charge >= 0.3 is 21.3 Å². The second kappa shape index (κ2) is 6.76. The van der Waals surface area contributed by atoms with Crippen molar-refractivity contribution in [3.05, 3.63) is 12.2 Å². The van der Waals surface area contributed by atoms with Crippen molar-refractivity contribution in [1.29, 1.82) is 0 Å². The van der Waals surface area contributed by atoms with Gasteiger partial charge in [0.05, 0.1) is 0 Å². The van der Waals surface area contributed by atoms with E-state index in [4.69, 9.17) is 9.29 Å². The van der Waals surface area contributed by atoms with E-state index in [1.807, 2.05) is 0 Å². The Morgan fingerprint density at radius 2 is 1.82 bits per heavy atom. The van der Waals surface area contributed by atoms with E-state index in [1.54, 1.807) is 6.92 Å². The van der Waals surface area contributed by atoms with Gasteiger partial charge in [-0.05, 0) is 62.7 Å². The van der Waals surface area contributed by atoms with Crippen molar-refractivity contribution in [3.63, 3.8) is 0 Å². The van der Waals surface area contributed by atoms with E-state index in [1.165, 1.54) is 0 Å². The van der Waals surface area contributed by atoms with Crippen molar-refractivity contribution in [1.82, 2.24) is 5.32 Å². The summed E-state index contributed by atoms with van der Waals surface area (Å²) in [4.78, 5) is 24.0. The van der Waals surface area contributed by atoms with Gasteiger partial charge in [0.15, 0.2) is 0 Å².